The Labute approximate surface area is 207 Å². The quantitative estimate of drug-likeness (QED) is 0.539. The zero-order valence-corrected chi connectivity index (χ0v) is 21.3. The molecule has 1 spiro atoms. The minimum atomic E-state index is -3.41. The van der Waals surface area contributed by atoms with E-state index in [9.17, 15) is 17.6 Å². The Balaban J connectivity index is 1.54. The summed E-state index contributed by atoms with van der Waals surface area (Å²) >= 11 is 0. The van der Waals surface area contributed by atoms with Gasteiger partial charge in [-0.25, -0.2) is 12.8 Å². The molecule has 0 aromatic heterocycles. The van der Waals surface area contributed by atoms with Crippen LogP contribution in [0.5, 0.6) is 0 Å². The molecule has 4 rings (SSSR count). The van der Waals surface area contributed by atoms with Crippen LogP contribution in [0.1, 0.15) is 29.5 Å². The molecule has 1 saturated heterocycles. The van der Waals surface area contributed by atoms with E-state index < -0.39 is 21.6 Å². The van der Waals surface area contributed by atoms with Gasteiger partial charge in [0.2, 0.25) is 15.9 Å². The maximum Gasteiger partial charge on any atom is 0.240 e. The maximum absolute atomic E-state index is 13.6. The van der Waals surface area contributed by atoms with E-state index in [2.05, 4.69) is 16.7 Å². The zero-order chi connectivity index (χ0) is 25.1. The largest absolute Gasteiger partial charge is 0.341 e. The molecule has 190 valence electrons. The highest BCUT2D eigenvalue weighted by atomic mass is 32.2. The highest BCUT2D eigenvalue weighted by Gasteiger charge is 2.49. The molecule has 35 heavy (non-hydrogen) atoms. The van der Waals surface area contributed by atoms with Crippen LogP contribution in [0.2, 0.25) is 0 Å². The minimum absolute atomic E-state index is 0.00437. The predicted molar refractivity (Wildman–Crippen MR) is 135 cm³/mol. The topological polar surface area (TPSA) is 81.8 Å². The second-order valence-electron chi connectivity index (χ2n) is 9.54. The van der Waals surface area contributed by atoms with Crippen LogP contribution in [0, 0.1) is 5.82 Å². The van der Waals surface area contributed by atoms with Crippen molar-refractivity contribution in [3.63, 3.8) is 0 Å². The number of sulfonamides is 1. The summed E-state index contributed by atoms with van der Waals surface area (Å²) in [5.41, 5.74) is 2.53. The molecule has 0 aliphatic carbocycles. The van der Waals surface area contributed by atoms with Crippen molar-refractivity contribution in [1.82, 2.24) is 19.8 Å². The second-order valence-corrected chi connectivity index (χ2v) is 11.4. The fourth-order valence-electron chi connectivity index (χ4n) is 5.56. The third-order valence-electron chi connectivity index (χ3n) is 7.30. The lowest BCUT2D eigenvalue weighted by Crippen LogP contribution is -2.60. The molecule has 1 atom stereocenters. The van der Waals surface area contributed by atoms with Crippen molar-refractivity contribution < 1.29 is 17.6 Å². The number of carbonyl (C=O) groups is 1. The number of likely N-dealkylation sites (N-methyl/N-ethyl adjacent to an activating group) is 1. The Morgan fingerprint density at radius 1 is 1.06 bits per heavy atom. The van der Waals surface area contributed by atoms with Crippen LogP contribution in [0.15, 0.2) is 48.5 Å². The van der Waals surface area contributed by atoms with Crippen molar-refractivity contribution in [3.05, 3.63) is 71.0 Å². The molecular weight excluding hydrogens is 467 g/mol. The molecule has 2 aliphatic rings. The van der Waals surface area contributed by atoms with Gasteiger partial charge >= 0.3 is 0 Å². The molecule has 0 radical (unpaired) electrons. The molecule has 9 heteroatoms. The van der Waals surface area contributed by atoms with E-state index in [1.165, 1.54) is 24.0 Å². The van der Waals surface area contributed by atoms with E-state index in [4.69, 9.17) is 0 Å². The first-order chi connectivity index (χ1) is 16.7. The van der Waals surface area contributed by atoms with Gasteiger partial charge in [-0.3, -0.25) is 4.79 Å². The monoisotopic (exact) mass is 502 g/mol. The fraction of sp³-hybridized carbons (Fsp3) is 0.500. The first-order valence-corrected chi connectivity index (χ1v) is 14.1. The maximum atomic E-state index is 13.6. The summed E-state index contributed by atoms with van der Waals surface area (Å²) < 4.78 is 40.6. The minimum Gasteiger partial charge on any atom is -0.341 e. The molecule has 2 heterocycles. The summed E-state index contributed by atoms with van der Waals surface area (Å²) in [4.78, 5) is 15.4. The van der Waals surface area contributed by atoms with Gasteiger partial charge in [0.15, 0.2) is 0 Å². The molecule has 1 fully saturated rings. The number of benzene rings is 2. The number of piperidine rings is 1. The number of nitrogens with zero attached hydrogens (tertiary/aromatic N) is 2. The van der Waals surface area contributed by atoms with Crippen molar-refractivity contribution >= 4 is 15.9 Å². The Morgan fingerprint density at radius 3 is 2.40 bits per heavy atom. The molecule has 1 amide bonds. The van der Waals surface area contributed by atoms with Gasteiger partial charge in [0.05, 0.1) is 17.8 Å². The van der Waals surface area contributed by atoms with Gasteiger partial charge in [0.25, 0.3) is 0 Å². The van der Waals surface area contributed by atoms with E-state index in [0.29, 0.717) is 51.9 Å². The van der Waals surface area contributed by atoms with E-state index in [1.807, 2.05) is 30.1 Å². The number of hydrogen-bond donors (Lipinski definition) is 2. The SMILES string of the molecule is CNCCN[C@H](Cc1ccc(F)cc1)C(=O)N1CCC2(CC1)c1ccccc1CCN2S(C)(=O)=O. The Kier molecular flexibility index (Phi) is 7.90. The van der Waals surface area contributed by atoms with E-state index in [-0.39, 0.29) is 11.7 Å². The lowest BCUT2D eigenvalue weighted by molar-refractivity contribution is -0.136. The predicted octanol–water partition coefficient (Wildman–Crippen LogP) is 1.88. The van der Waals surface area contributed by atoms with Gasteiger partial charge < -0.3 is 15.5 Å². The van der Waals surface area contributed by atoms with Crippen LogP contribution in [-0.2, 0) is 33.2 Å². The molecule has 7 nitrogen and oxygen atoms in total. The Hall–Kier alpha value is -2.33. The van der Waals surface area contributed by atoms with Crippen LogP contribution in [-0.4, -0.2) is 75.6 Å². The Bertz CT molecular complexity index is 1130. The van der Waals surface area contributed by atoms with Crippen LogP contribution < -0.4 is 10.6 Å². The fourth-order valence-corrected chi connectivity index (χ4v) is 6.90. The second kappa shape index (κ2) is 10.7. The van der Waals surface area contributed by atoms with Crippen molar-refractivity contribution in [2.45, 2.75) is 37.3 Å². The summed E-state index contributed by atoms with van der Waals surface area (Å²) in [7, 11) is -1.55. The lowest BCUT2D eigenvalue weighted by atomic mass is 9.75. The highest BCUT2D eigenvalue weighted by molar-refractivity contribution is 7.88. The average Bonchev–Trinajstić information content (AvgIpc) is 2.84. The normalized spacial score (nSPS) is 18.9. The molecular formula is C26H35FN4O3S. The number of rotatable bonds is 8. The van der Waals surface area contributed by atoms with Crippen molar-refractivity contribution in [1.29, 1.82) is 0 Å². The zero-order valence-electron chi connectivity index (χ0n) is 20.5. The number of carbonyl (C=O) groups excluding carboxylic acids is 1. The first-order valence-electron chi connectivity index (χ1n) is 12.2. The smallest absolute Gasteiger partial charge is 0.240 e. The molecule has 0 unspecified atom stereocenters. The summed E-state index contributed by atoms with van der Waals surface area (Å²) in [5, 5.41) is 6.43. The highest BCUT2D eigenvalue weighted by Crippen LogP contribution is 2.44. The standard InChI is InChI=1S/C26H35FN4O3S/c1-28-14-15-29-24(19-20-7-9-22(27)10-8-20)25(32)30-17-12-26(13-18-30)23-6-4-3-5-21(23)11-16-31(26)35(2,33)34/h3-10,24,28-29H,11-19H2,1-2H3/t24-/m1/s1. The van der Waals surface area contributed by atoms with Gasteiger partial charge in [-0.1, -0.05) is 36.4 Å². The molecule has 0 bridgehead atoms. The number of halogens is 1. The molecule has 2 aliphatic heterocycles. The molecule has 2 aromatic rings. The summed E-state index contributed by atoms with van der Waals surface area (Å²) in [6, 6.07) is 13.9. The van der Waals surface area contributed by atoms with Crippen molar-refractivity contribution in [3.8, 4) is 0 Å². The number of fused-ring (bicyclic) bond motifs is 2. The molecule has 0 saturated carbocycles. The summed E-state index contributed by atoms with van der Waals surface area (Å²) in [6.45, 7) is 2.76. The van der Waals surface area contributed by atoms with Gasteiger partial charge in [-0.2, -0.15) is 4.31 Å². The van der Waals surface area contributed by atoms with Gasteiger partial charge in [-0.15, -0.1) is 0 Å². The Morgan fingerprint density at radius 2 is 1.74 bits per heavy atom. The average molecular weight is 503 g/mol. The van der Waals surface area contributed by atoms with E-state index >= 15 is 0 Å². The van der Waals surface area contributed by atoms with Gasteiger partial charge in [0.1, 0.15) is 5.82 Å². The van der Waals surface area contributed by atoms with Crippen molar-refractivity contribution in [2.75, 3.05) is 46.0 Å². The lowest BCUT2D eigenvalue weighted by Gasteiger charge is -2.51. The molecule has 2 aromatic carbocycles. The van der Waals surface area contributed by atoms with Gasteiger partial charge in [-0.05, 0) is 61.6 Å². The summed E-state index contributed by atoms with van der Waals surface area (Å²) in [6.07, 6.45) is 3.56. The number of hydrogen-bond acceptors (Lipinski definition) is 5. The number of nitrogens with one attached hydrogen (secondary N) is 2. The number of amides is 1. The molecule has 2 N–H and O–H groups in total. The summed E-state index contributed by atoms with van der Waals surface area (Å²) in [5.74, 6) is -0.306. The van der Waals surface area contributed by atoms with Crippen LogP contribution in [0.25, 0.3) is 0 Å². The number of likely N-dealkylation sites (tertiary alicyclic amines) is 1. The van der Waals surface area contributed by atoms with Crippen LogP contribution in [0.4, 0.5) is 4.39 Å². The van der Waals surface area contributed by atoms with E-state index in [1.54, 1.807) is 16.4 Å². The van der Waals surface area contributed by atoms with Gasteiger partial charge in [0, 0.05) is 32.7 Å². The van der Waals surface area contributed by atoms with Crippen LogP contribution >= 0.6 is 0 Å². The third kappa shape index (κ3) is 5.58. The van der Waals surface area contributed by atoms with E-state index in [0.717, 1.165) is 17.7 Å². The van der Waals surface area contributed by atoms with Crippen LogP contribution in [0.3, 0.4) is 0 Å². The first kappa shape index (κ1) is 25.8. The van der Waals surface area contributed by atoms with Crippen molar-refractivity contribution in [2.24, 2.45) is 0 Å². The third-order valence-corrected chi connectivity index (χ3v) is 8.63.